The lowest BCUT2D eigenvalue weighted by atomic mass is 10.0. The Morgan fingerprint density at radius 2 is 1.69 bits per heavy atom. The fourth-order valence-electron chi connectivity index (χ4n) is 6.01. The summed E-state index contributed by atoms with van der Waals surface area (Å²) in [4.78, 5) is 42.4. The number of amides is 3. The van der Waals surface area contributed by atoms with Crippen LogP contribution in [0.4, 0.5) is 0 Å². The van der Waals surface area contributed by atoms with Crippen LogP contribution in [-0.4, -0.2) is 73.7 Å². The predicted octanol–water partition coefficient (Wildman–Crippen LogP) is 3.06. The molecule has 0 spiro atoms. The molecule has 3 atom stereocenters. The molecule has 3 amide bonds. The molecule has 2 N–H and O–H groups in total. The summed E-state index contributed by atoms with van der Waals surface area (Å²) in [5.41, 5.74) is 0. The van der Waals surface area contributed by atoms with Crippen LogP contribution in [0.25, 0.3) is 10.8 Å². The molecule has 0 radical (unpaired) electrons. The topological polar surface area (TPSA) is 116 Å². The minimum Gasteiger partial charge on any atom is -0.351 e. The van der Waals surface area contributed by atoms with E-state index in [9.17, 15) is 22.8 Å². The van der Waals surface area contributed by atoms with E-state index < -0.39 is 28.0 Å². The van der Waals surface area contributed by atoms with Crippen molar-refractivity contribution in [3.63, 3.8) is 0 Å². The van der Waals surface area contributed by atoms with E-state index in [4.69, 9.17) is 11.6 Å². The lowest BCUT2D eigenvalue weighted by molar-refractivity contribution is -0.144. The van der Waals surface area contributed by atoms with E-state index in [2.05, 4.69) is 10.0 Å². The minimum atomic E-state index is -3.96. The number of hydrogen-bond donors (Lipinski definition) is 2. The van der Waals surface area contributed by atoms with Crippen LogP contribution in [-0.2, 0) is 24.4 Å². The van der Waals surface area contributed by atoms with Crippen LogP contribution in [0.2, 0.25) is 5.02 Å². The number of hydrogen-bond acceptors (Lipinski definition) is 5. The molecule has 2 saturated heterocycles. The predicted molar refractivity (Wildman–Crippen MR) is 149 cm³/mol. The molecule has 1 aliphatic carbocycles. The van der Waals surface area contributed by atoms with Crippen molar-refractivity contribution in [1.29, 1.82) is 0 Å². The lowest BCUT2D eigenvalue weighted by Gasteiger charge is -2.36. The molecule has 0 bridgehead atoms. The van der Waals surface area contributed by atoms with Crippen LogP contribution in [0, 0.1) is 5.92 Å². The average Bonchev–Trinajstić information content (AvgIpc) is 3.58. The highest BCUT2D eigenvalue weighted by atomic mass is 35.5. The van der Waals surface area contributed by atoms with E-state index in [0.29, 0.717) is 18.1 Å². The van der Waals surface area contributed by atoms with Gasteiger partial charge in [-0.05, 0) is 74.1 Å². The Morgan fingerprint density at radius 1 is 0.974 bits per heavy atom. The monoisotopic (exact) mass is 574 g/mol. The molecule has 3 fully saturated rings. The summed E-state index contributed by atoms with van der Waals surface area (Å²) >= 11 is 6.02. The molecule has 2 aromatic carbocycles. The summed E-state index contributed by atoms with van der Waals surface area (Å²) in [6.07, 6.45) is 5.91. The van der Waals surface area contributed by atoms with Crippen LogP contribution in [0.15, 0.2) is 41.3 Å². The number of carbonyl (C=O) groups excluding carboxylic acids is 3. The molecular formula is C28H35ClN4O5S. The fraction of sp³-hybridized carbons (Fsp3) is 0.536. The second-order valence-electron chi connectivity index (χ2n) is 10.9. The van der Waals surface area contributed by atoms with Gasteiger partial charge in [0.1, 0.15) is 12.1 Å². The van der Waals surface area contributed by atoms with Crippen molar-refractivity contribution in [3.8, 4) is 0 Å². The van der Waals surface area contributed by atoms with E-state index in [1.165, 1.54) is 11.0 Å². The van der Waals surface area contributed by atoms with Gasteiger partial charge in [0, 0.05) is 36.6 Å². The van der Waals surface area contributed by atoms with Gasteiger partial charge in [0.2, 0.25) is 27.7 Å². The van der Waals surface area contributed by atoms with Gasteiger partial charge in [-0.1, -0.05) is 36.6 Å². The maximum Gasteiger partial charge on any atom is 0.245 e. The highest BCUT2D eigenvalue weighted by Gasteiger charge is 2.41. The largest absolute Gasteiger partial charge is 0.351 e. The van der Waals surface area contributed by atoms with Crippen LogP contribution in [0.5, 0.6) is 0 Å². The van der Waals surface area contributed by atoms with Gasteiger partial charge < -0.3 is 15.1 Å². The summed E-state index contributed by atoms with van der Waals surface area (Å²) in [6.45, 7) is 2.97. The van der Waals surface area contributed by atoms with Gasteiger partial charge in [0.05, 0.1) is 4.90 Å². The number of piperidine rings is 1. The summed E-state index contributed by atoms with van der Waals surface area (Å²) in [5.74, 6) is -0.430. The molecule has 210 valence electrons. The van der Waals surface area contributed by atoms with Crippen molar-refractivity contribution in [2.75, 3.05) is 19.6 Å². The van der Waals surface area contributed by atoms with Gasteiger partial charge in [-0.15, -0.1) is 0 Å². The van der Waals surface area contributed by atoms with Gasteiger partial charge in [-0.2, -0.15) is 4.72 Å². The van der Waals surface area contributed by atoms with Gasteiger partial charge in [0.25, 0.3) is 0 Å². The van der Waals surface area contributed by atoms with Crippen molar-refractivity contribution < 1.29 is 22.8 Å². The Kier molecular flexibility index (Phi) is 8.16. The third kappa shape index (κ3) is 6.07. The molecule has 39 heavy (non-hydrogen) atoms. The Balaban J connectivity index is 1.19. The molecular weight excluding hydrogens is 540 g/mol. The molecule has 0 aromatic heterocycles. The first-order valence-corrected chi connectivity index (χ1v) is 15.6. The first-order chi connectivity index (χ1) is 18.6. The SMILES string of the molecule is C[C@@H](C(=O)N1CCCC(NC(=O)C2CCCC2)C1)N1CC[C@H](NS(=O)(=O)c2ccc3cc(Cl)ccc3c2)C1=O. The van der Waals surface area contributed by atoms with Crippen molar-refractivity contribution >= 4 is 50.1 Å². The van der Waals surface area contributed by atoms with Crippen molar-refractivity contribution in [2.24, 2.45) is 5.92 Å². The molecule has 2 aliphatic heterocycles. The second kappa shape index (κ2) is 11.4. The highest BCUT2D eigenvalue weighted by Crippen LogP contribution is 2.26. The maximum atomic E-state index is 13.4. The number of sulfonamides is 1. The van der Waals surface area contributed by atoms with E-state index in [-0.39, 0.29) is 41.6 Å². The van der Waals surface area contributed by atoms with Gasteiger partial charge in [-0.25, -0.2) is 8.42 Å². The van der Waals surface area contributed by atoms with Crippen LogP contribution >= 0.6 is 11.6 Å². The number of rotatable bonds is 7. The summed E-state index contributed by atoms with van der Waals surface area (Å²) < 4.78 is 28.7. The number of nitrogens with one attached hydrogen (secondary N) is 2. The van der Waals surface area contributed by atoms with E-state index in [1.54, 1.807) is 42.2 Å². The third-order valence-electron chi connectivity index (χ3n) is 8.25. The van der Waals surface area contributed by atoms with Crippen molar-refractivity contribution in [1.82, 2.24) is 19.8 Å². The Labute approximate surface area is 234 Å². The molecule has 11 heteroatoms. The number of nitrogens with zero attached hydrogens (tertiary/aromatic N) is 2. The normalized spacial score (nSPS) is 23.4. The van der Waals surface area contributed by atoms with Crippen LogP contribution in [0.3, 0.4) is 0 Å². The molecule has 1 saturated carbocycles. The smallest absolute Gasteiger partial charge is 0.245 e. The zero-order valence-electron chi connectivity index (χ0n) is 22.1. The molecule has 5 rings (SSSR count). The summed E-state index contributed by atoms with van der Waals surface area (Å²) in [5, 5.41) is 5.23. The third-order valence-corrected chi connectivity index (χ3v) is 9.96. The van der Waals surface area contributed by atoms with Gasteiger partial charge in [0.15, 0.2) is 0 Å². The van der Waals surface area contributed by atoms with Gasteiger partial charge >= 0.3 is 0 Å². The first-order valence-electron chi connectivity index (χ1n) is 13.7. The average molecular weight is 575 g/mol. The second-order valence-corrected chi connectivity index (χ2v) is 13.1. The maximum absolute atomic E-state index is 13.4. The molecule has 9 nitrogen and oxygen atoms in total. The van der Waals surface area contributed by atoms with E-state index in [0.717, 1.165) is 49.3 Å². The molecule has 1 unspecified atom stereocenters. The fourth-order valence-corrected chi connectivity index (χ4v) is 7.45. The van der Waals surface area contributed by atoms with Crippen molar-refractivity contribution in [2.45, 2.75) is 74.9 Å². The minimum absolute atomic E-state index is 0.0618. The van der Waals surface area contributed by atoms with Crippen LogP contribution < -0.4 is 10.0 Å². The van der Waals surface area contributed by atoms with E-state index >= 15 is 0 Å². The Bertz CT molecular complexity index is 1380. The number of carbonyl (C=O) groups is 3. The number of benzene rings is 2. The zero-order chi connectivity index (χ0) is 27.7. The first kappa shape index (κ1) is 27.9. The van der Waals surface area contributed by atoms with Crippen LogP contribution in [0.1, 0.15) is 51.9 Å². The Hall–Kier alpha value is -2.69. The highest BCUT2D eigenvalue weighted by molar-refractivity contribution is 7.89. The van der Waals surface area contributed by atoms with E-state index in [1.807, 2.05) is 0 Å². The molecule has 2 aromatic rings. The van der Waals surface area contributed by atoms with Crippen molar-refractivity contribution in [3.05, 3.63) is 41.4 Å². The Morgan fingerprint density at radius 3 is 2.46 bits per heavy atom. The quantitative estimate of drug-likeness (QED) is 0.527. The van der Waals surface area contributed by atoms with Gasteiger partial charge in [-0.3, -0.25) is 14.4 Å². The standard InChI is InChI=1S/C28H35ClN4O5S/c1-18(27(35)32-13-4-7-23(17-32)30-26(34)19-5-2-3-6-19)33-14-12-25(28(33)36)31-39(37,38)24-11-9-20-15-22(29)10-8-21(20)16-24/h8-11,15-16,18-19,23,25,31H,2-7,12-14,17H2,1H3,(H,30,34)/t18-,23?,25-/m0/s1. The number of halogens is 1. The zero-order valence-corrected chi connectivity index (χ0v) is 23.6. The number of fused-ring (bicyclic) bond motifs is 1. The summed E-state index contributed by atoms with van der Waals surface area (Å²) in [6, 6.07) is 8.17. The number of likely N-dealkylation sites (tertiary alicyclic amines) is 2. The summed E-state index contributed by atoms with van der Waals surface area (Å²) in [7, 11) is -3.96. The lowest BCUT2D eigenvalue weighted by Crippen LogP contribution is -2.55. The molecule has 2 heterocycles. The molecule has 3 aliphatic rings.